The van der Waals surface area contributed by atoms with Gasteiger partial charge in [-0.1, -0.05) is 48.0 Å². The van der Waals surface area contributed by atoms with Crippen LogP contribution in [0.2, 0.25) is 5.02 Å². The molecule has 160 valence electrons. The van der Waals surface area contributed by atoms with Crippen molar-refractivity contribution in [1.29, 1.82) is 0 Å². The summed E-state index contributed by atoms with van der Waals surface area (Å²) in [6, 6.07) is 21.6. The summed E-state index contributed by atoms with van der Waals surface area (Å²) in [6.45, 7) is 3.82. The van der Waals surface area contributed by atoms with Crippen LogP contribution in [-0.2, 0) is 13.0 Å². The van der Waals surface area contributed by atoms with E-state index in [1.54, 1.807) is 0 Å². The number of nitrogens with one attached hydrogen (secondary N) is 1. The van der Waals surface area contributed by atoms with Gasteiger partial charge in [0, 0.05) is 29.4 Å². The lowest BCUT2D eigenvalue weighted by Crippen LogP contribution is -2.25. The Kier molecular flexibility index (Phi) is 6.90. The monoisotopic (exact) mass is 433 g/mol. The topological polar surface area (TPSA) is 58.4 Å². The van der Waals surface area contributed by atoms with E-state index in [4.69, 9.17) is 17.3 Å². The molecule has 4 nitrogen and oxygen atoms in total. The van der Waals surface area contributed by atoms with Crippen molar-refractivity contribution in [3.05, 3.63) is 88.4 Å². The molecule has 3 N–H and O–H groups in total. The highest BCUT2D eigenvalue weighted by Gasteiger charge is 2.13. The molecule has 31 heavy (non-hydrogen) atoms. The molecular formula is C26H28ClN3O. The molecule has 0 aliphatic carbocycles. The van der Waals surface area contributed by atoms with Crippen molar-refractivity contribution in [2.75, 3.05) is 25.4 Å². The smallest absolute Gasteiger partial charge is 0.251 e. The first-order chi connectivity index (χ1) is 15.1. The third-order valence-electron chi connectivity index (χ3n) is 5.83. The van der Waals surface area contributed by atoms with Crippen LogP contribution in [0.1, 0.15) is 34.3 Å². The van der Waals surface area contributed by atoms with Crippen LogP contribution in [0.15, 0.2) is 66.7 Å². The summed E-state index contributed by atoms with van der Waals surface area (Å²) in [6.07, 6.45) is 3.31. The Morgan fingerprint density at radius 3 is 2.23 bits per heavy atom. The molecule has 1 saturated heterocycles. The molecule has 3 aromatic rings. The van der Waals surface area contributed by atoms with Crippen molar-refractivity contribution in [3.63, 3.8) is 0 Å². The van der Waals surface area contributed by atoms with Gasteiger partial charge in [-0.3, -0.25) is 9.69 Å². The number of hydrogen-bond donors (Lipinski definition) is 2. The fraction of sp³-hybridized carbons (Fsp3) is 0.269. The lowest BCUT2D eigenvalue weighted by atomic mass is 10.0. The fourth-order valence-corrected chi connectivity index (χ4v) is 4.13. The maximum Gasteiger partial charge on any atom is 0.251 e. The van der Waals surface area contributed by atoms with Crippen LogP contribution in [0.3, 0.4) is 0 Å². The average Bonchev–Trinajstić information content (AvgIpc) is 3.29. The van der Waals surface area contributed by atoms with E-state index in [1.165, 1.54) is 18.4 Å². The molecule has 0 bridgehead atoms. The SMILES string of the molecule is Nc1cc(CCNC(=O)c2ccc(-c3ccc(Cl)cc3)cc2)ccc1CN1CCCC1. The Labute approximate surface area is 189 Å². The molecule has 1 heterocycles. The van der Waals surface area contributed by atoms with Gasteiger partial charge < -0.3 is 11.1 Å². The molecule has 0 aromatic heterocycles. The van der Waals surface area contributed by atoms with E-state index in [-0.39, 0.29) is 5.91 Å². The lowest BCUT2D eigenvalue weighted by Gasteiger charge is -2.16. The predicted molar refractivity (Wildman–Crippen MR) is 128 cm³/mol. The number of rotatable bonds is 7. The van der Waals surface area contributed by atoms with Gasteiger partial charge in [0.25, 0.3) is 5.91 Å². The molecule has 1 amide bonds. The number of nitrogens with zero attached hydrogens (tertiary/aromatic N) is 1. The minimum Gasteiger partial charge on any atom is -0.398 e. The number of amides is 1. The van der Waals surface area contributed by atoms with Crippen molar-refractivity contribution in [2.24, 2.45) is 0 Å². The second-order valence-corrected chi connectivity index (χ2v) is 8.54. The van der Waals surface area contributed by atoms with E-state index in [0.29, 0.717) is 17.1 Å². The van der Waals surface area contributed by atoms with Gasteiger partial charge >= 0.3 is 0 Å². The number of hydrogen-bond acceptors (Lipinski definition) is 3. The number of anilines is 1. The molecule has 0 atom stereocenters. The van der Waals surface area contributed by atoms with Gasteiger partial charge in [-0.05, 0) is 84.9 Å². The minimum atomic E-state index is -0.0683. The Morgan fingerprint density at radius 2 is 1.58 bits per heavy atom. The normalized spacial score (nSPS) is 14.0. The minimum absolute atomic E-state index is 0.0683. The number of nitrogen functional groups attached to an aromatic ring is 1. The second-order valence-electron chi connectivity index (χ2n) is 8.11. The third-order valence-corrected chi connectivity index (χ3v) is 6.08. The van der Waals surface area contributed by atoms with Gasteiger partial charge in [-0.25, -0.2) is 0 Å². The van der Waals surface area contributed by atoms with Crippen molar-refractivity contribution < 1.29 is 4.79 Å². The van der Waals surface area contributed by atoms with Crippen LogP contribution in [0.5, 0.6) is 0 Å². The van der Waals surface area contributed by atoms with E-state index < -0.39 is 0 Å². The van der Waals surface area contributed by atoms with Crippen molar-refractivity contribution in [3.8, 4) is 11.1 Å². The molecule has 3 aromatic carbocycles. The number of nitrogens with two attached hydrogens (primary N) is 1. The lowest BCUT2D eigenvalue weighted by molar-refractivity contribution is 0.0954. The Bertz CT molecular complexity index is 1030. The van der Waals surface area contributed by atoms with E-state index in [9.17, 15) is 4.79 Å². The molecule has 1 aliphatic heterocycles. The number of carbonyl (C=O) groups excluding carboxylic acids is 1. The van der Waals surface area contributed by atoms with Gasteiger partial charge in [-0.15, -0.1) is 0 Å². The quantitative estimate of drug-likeness (QED) is 0.506. The average molecular weight is 434 g/mol. The summed E-state index contributed by atoms with van der Waals surface area (Å²) in [4.78, 5) is 14.9. The molecule has 0 saturated carbocycles. The highest BCUT2D eigenvalue weighted by Crippen LogP contribution is 2.22. The number of halogens is 1. The molecule has 1 aliphatic rings. The molecule has 0 radical (unpaired) electrons. The van der Waals surface area contributed by atoms with Gasteiger partial charge in [-0.2, -0.15) is 0 Å². The van der Waals surface area contributed by atoms with E-state index >= 15 is 0 Å². The first kappa shape index (κ1) is 21.4. The van der Waals surface area contributed by atoms with Crippen molar-refractivity contribution in [1.82, 2.24) is 10.2 Å². The number of benzene rings is 3. The van der Waals surface area contributed by atoms with Gasteiger partial charge in [0.05, 0.1) is 0 Å². The number of carbonyl (C=O) groups is 1. The molecule has 5 heteroatoms. The summed E-state index contributed by atoms with van der Waals surface area (Å²) >= 11 is 5.95. The maximum absolute atomic E-state index is 12.5. The zero-order valence-electron chi connectivity index (χ0n) is 17.6. The van der Waals surface area contributed by atoms with Crippen LogP contribution >= 0.6 is 11.6 Å². The first-order valence-corrected chi connectivity index (χ1v) is 11.2. The molecule has 4 rings (SSSR count). The molecule has 0 unspecified atom stereocenters. The van der Waals surface area contributed by atoms with Crippen molar-refractivity contribution >= 4 is 23.2 Å². The second kappa shape index (κ2) is 9.99. The van der Waals surface area contributed by atoms with E-state index in [1.807, 2.05) is 54.6 Å². The highest BCUT2D eigenvalue weighted by molar-refractivity contribution is 6.30. The zero-order chi connectivity index (χ0) is 21.6. The largest absolute Gasteiger partial charge is 0.398 e. The molecule has 0 spiro atoms. The van der Waals surface area contributed by atoms with E-state index in [0.717, 1.165) is 48.4 Å². The van der Waals surface area contributed by atoms with Crippen LogP contribution in [0.4, 0.5) is 5.69 Å². The Morgan fingerprint density at radius 1 is 0.935 bits per heavy atom. The van der Waals surface area contributed by atoms with Crippen LogP contribution < -0.4 is 11.1 Å². The standard InChI is InChI=1S/C26H28ClN3O/c27-24-11-9-21(10-12-24)20-5-7-22(8-6-20)26(31)29-14-13-19-3-4-23(25(28)17-19)18-30-15-1-2-16-30/h3-12,17H,1-2,13-16,18,28H2,(H,29,31). The molecular weight excluding hydrogens is 406 g/mol. The summed E-state index contributed by atoms with van der Waals surface area (Å²) in [5.74, 6) is -0.0683. The van der Waals surface area contributed by atoms with Crippen molar-refractivity contribution in [2.45, 2.75) is 25.8 Å². The Balaban J connectivity index is 1.28. The van der Waals surface area contributed by atoms with Gasteiger partial charge in [0.2, 0.25) is 0 Å². The Hall–Kier alpha value is -2.82. The van der Waals surface area contributed by atoms with Gasteiger partial charge in [0.1, 0.15) is 0 Å². The van der Waals surface area contributed by atoms with Gasteiger partial charge in [0.15, 0.2) is 0 Å². The predicted octanol–water partition coefficient (Wildman–Crippen LogP) is 5.16. The summed E-state index contributed by atoms with van der Waals surface area (Å²) < 4.78 is 0. The third kappa shape index (κ3) is 5.66. The summed E-state index contributed by atoms with van der Waals surface area (Å²) in [5.41, 5.74) is 12.2. The summed E-state index contributed by atoms with van der Waals surface area (Å²) in [7, 11) is 0. The van der Waals surface area contributed by atoms with Crippen LogP contribution in [0, 0.1) is 0 Å². The van der Waals surface area contributed by atoms with E-state index in [2.05, 4.69) is 22.3 Å². The maximum atomic E-state index is 12.5. The van der Waals surface area contributed by atoms with Crippen LogP contribution in [0.25, 0.3) is 11.1 Å². The fourth-order valence-electron chi connectivity index (χ4n) is 4.00. The highest BCUT2D eigenvalue weighted by atomic mass is 35.5. The molecule has 1 fully saturated rings. The number of likely N-dealkylation sites (tertiary alicyclic amines) is 1. The summed E-state index contributed by atoms with van der Waals surface area (Å²) in [5, 5.41) is 3.71. The van der Waals surface area contributed by atoms with Crippen LogP contribution in [-0.4, -0.2) is 30.4 Å². The zero-order valence-corrected chi connectivity index (χ0v) is 18.4. The first-order valence-electron chi connectivity index (χ1n) is 10.8.